The minimum Gasteiger partial charge on any atom is -0.489 e. The van der Waals surface area contributed by atoms with Crippen LogP contribution in [0.25, 0.3) is 0 Å². The summed E-state index contributed by atoms with van der Waals surface area (Å²) in [6.07, 6.45) is -3.10. The molecule has 51 heavy (non-hydrogen) atoms. The normalized spacial score (nSPS) is 10.5. The Kier molecular flexibility index (Phi) is 13.2. The van der Waals surface area contributed by atoms with Crippen molar-refractivity contribution in [3.63, 3.8) is 0 Å². The molecular formula is C37H32F3N5O5S. The Morgan fingerprint density at radius 2 is 1.18 bits per heavy atom. The lowest BCUT2D eigenvalue weighted by Gasteiger charge is -2.10. The summed E-state index contributed by atoms with van der Waals surface area (Å²) in [4.78, 5) is 47.2. The predicted molar refractivity (Wildman–Crippen MR) is 192 cm³/mol. The third-order valence-electron chi connectivity index (χ3n) is 6.76. The second-order valence-corrected chi connectivity index (χ2v) is 11.4. The molecule has 6 N–H and O–H groups in total. The first-order valence-corrected chi connectivity index (χ1v) is 16.3. The lowest BCUT2D eigenvalue weighted by atomic mass is 10.2. The highest BCUT2D eigenvalue weighted by Gasteiger charge is 2.38. The minimum absolute atomic E-state index is 0.0140. The van der Waals surface area contributed by atoms with E-state index in [-0.39, 0.29) is 17.5 Å². The van der Waals surface area contributed by atoms with Gasteiger partial charge in [-0.05, 0) is 90.7 Å². The topological polar surface area (TPSA) is 152 Å². The molecule has 0 saturated heterocycles. The number of hydrogen-bond acceptors (Lipinski definition) is 6. The molecule has 0 atom stereocenters. The molecular weight excluding hydrogens is 683 g/mol. The second-order valence-electron chi connectivity index (χ2n) is 10.5. The summed E-state index contributed by atoms with van der Waals surface area (Å²) in [5, 5.41) is 9.65. The zero-order chi connectivity index (χ0) is 36.8. The standard InChI is InChI=1S/C21H19N3O3.C16H13F3N2O2S/c22-21(26)24-18-11-9-17(10-12-18)23-20(25)16-7-4-8-19(13-16)27-14-15-5-2-1-3-6-15;1-24-13-5-3-2-4-12(13)14(22)20-10-6-8-11(9-7-10)21-15(23)16(17,18)19/h1-13H,14H2,(H,23,25)(H3,22,24,26);2-9H,1H3,(H,20,22)(H,21,23). The fraction of sp³-hybridized carbons (Fsp3) is 0.0811. The Hall–Kier alpha value is -6.28. The van der Waals surface area contributed by atoms with Gasteiger partial charge >= 0.3 is 18.1 Å². The van der Waals surface area contributed by atoms with E-state index in [0.717, 1.165) is 10.5 Å². The van der Waals surface area contributed by atoms with E-state index in [0.29, 0.717) is 40.5 Å². The Balaban J connectivity index is 0.000000230. The van der Waals surface area contributed by atoms with Crippen LogP contribution in [0.2, 0.25) is 0 Å². The van der Waals surface area contributed by atoms with E-state index in [1.165, 1.54) is 36.0 Å². The van der Waals surface area contributed by atoms with E-state index in [2.05, 4.69) is 16.0 Å². The van der Waals surface area contributed by atoms with Crippen LogP contribution in [0.15, 0.2) is 132 Å². The van der Waals surface area contributed by atoms with Crippen LogP contribution in [-0.2, 0) is 11.4 Å². The average Bonchev–Trinajstić information content (AvgIpc) is 3.12. The largest absolute Gasteiger partial charge is 0.489 e. The molecule has 5 amide bonds. The van der Waals surface area contributed by atoms with Crippen LogP contribution in [0.4, 0.5) is 40.7 Å². The number of nitrogens with two attached hydrogens (primary N) is 1. The number of primary amides is 1. The molecule has 5 aromatic carbocycles. The van der Waals surface area contributed by atoms with E-state index in [4.69, 9.17) is 10.5 Å². The molecule has 0 fully saturated rings. The lowest BCUT2D eigenvalue weighted by Crippen LogP contribution is -2.29. The number of carbonyl (C=O) groups is 4. The van der Waals surface area contributed by atoms with Gasteiger partial charge in [-0.15, -0.1) is 11.8 Å². The average molecular weight is 716 g/mol. The number of carbonyl (C=O) groups excluding carboxylic acids is 4. The van der Waals surface area contributed by atoms with Crippen LogP contribution in [0.1, 0.15) is 26.3 Å². The summed E-state index contributed by atoms with van der Waals surface area (Å²) in [7, 11) is 0. The molecule has 0 bridgehead atoms. The summed E-state index contributed by atoms with van der Waals surface area (Å²) in [5.74, 6) is -2.01. The van der Waals surface area contributed by atoms with Gasteiger partial charge < -0.3 is 31.7 Å². The van der Waals surface area contributed by atoms with Gasteiger partial charge in [-0.3, -0.25) is 14.4 Å². The molecule has 0 radical (unpaired) electrons. The number of thioether (sulfide) groups is 1. The summed E-state index contributed by atoms with van der Waals surface area (Å²) >= 11 is 1.43. The van der Waals surface area contributed by atoms with Crippen molar-refractivity contribution in [1.82, 2.24) is 0 Å². The molecule has 0 unspecified atom stereocenters. The maximum absolute atomic E-state index is 12.4. The monoisotopic (exact) mass is 715 g/mol. The first kappa shape index (κ1) is 37.5. The summed E-state index contributed by atoms with van der Waals surface area (Å²) < 4.78 is 42.3. The molecule has 5 rings (SSSR count). The summed E-state index contributed by atoms with van der Waals surface area (Å²) in [6, 6.07) is 35.3. The van der Waals surface area contributed by atoms with Crippen molar-refractivity contribution in [3.8, 4) is 5.75 Å². The molecule has 0 aliphatic rings. The molecule has 0 saturated carbocycles. The van der Waals surface area contributed by atoms with Crippen LogP contribution >= 0.6 is 11.8 Å². The van der Waals surface area contributed by atoms with E-state index in [1.807, 2.05) is 54.8 Å². The first-order valence-electron chi connectivity index (χ1n) is 15.1. The van der Waals surface area contributed by atoms with Gasteiger partial charge in [0.05, 0.1) is 5.56 Å². The van der Waals surface area contributed by atoms with Gasteiger partial charge in [0.15, 0.2) is 0 Å². The zero-order valence-corrected chi connectivity index (χ0v) is 27.8. The maximum atomic E-state index is 12.4. The van der Waals surface area contributed by atoms with Gasteiger partial charge in [-0.1, -0.05) is 48.5 Å². The predicted octanol–water partition coefficient (Wildman–Crippen LogP) is 8.17. The second kappa shape index (κ2) is 17.9. The van der Waals surface area contributed by atoms with Crippen molar-refractivity contribution < 1.29 is 37.1 Å². The van der Waals surface area contributed by atoms with Crippen LogP contribution in [0, 0.1) is 0 Å². The molecule has 0 spiro atoms. The van der Waals surface area contributed by atoms with Crippen molar-refractivity contribution in [2.45, 2.75) is 17.7 Å². The Labute approximate surface area is 295 Å². The fourth-order valence-corrected chi connectivity index (χ4v) is 4.92. The molecule has 14 heteroatoms. The first-order chi connectivity index (χ1) is 24.4. The summed E-state index contributed by atoms with van der Waals surface area (Å²) in [5.41, 5.74) is 8.65. The van der Waals surface area contributed by atoms with E-state index < -0.39 is 18.1 Å². The number of hydrogen-bond donors (Lipinski definition) is 5. The van der Waals surface area contributed by atoms with Gasteiger partial charge in [0.1, 0.15) is 12.4 Å². The third-order valence-corrected chi connectivity index (χ3v) is 7.56. The molecule has 5 aromatic rings. The number of anilines is 4. The van der Waals surface area contributed by atoms with E-state index in [9.17, 15) is 32.3 Å². The van der Waals surface area contributed by atoms with Crippen LogP contribution in [0.3, 0.4) is 0 Å². The highest BCUT2D eigenvalue weighted by molar-refractivity contribution is 7.98. The fourth-order valence-electron chi connectivity index (χ4n) is 4.32. The zero-order valence-electron chi connectivity index (χ0n) is 27.0. The maximum Gasteiger partial charge on any atom is 0.471 e. The van der Waals surface area contributed by atoms with Gasteiger partial charge in [0.2, 0.25) is 0 Å². The molecule has 0 aliphatic heterocycles. The van der Waals surface area contributed by atoms with E-state index >= 15 is 0 Å². The highest BCUT2D eigenvalue weighted by Crippen LogP contribution is 2.23. The third kappa shape index (κ3) is 12.0. The molecule has 262 valence electrons. The smallest absolute Gasteiger partial charge is 0.471 e. The van der Waals surface area contributed by atoms with E-state index in [1.54, 1.807) is 59.9 Å². The number of ether oxygens (including phenoxy) is 1. The van der Waals surface area contributed by atoms with Crippen molar-refractivity contribution in [2.75, 3.05) is 27.5 Å². The molecule has 0 aromatic heterocycles. The molecule has 0 heterocycles. The number of halogens is 3. The number of amides is 5. The van der Waals surface area contributed by atoms with Crippen molar-refractivity contribution in [2.24, 2.45) is 5.73 Å². The van der Waals surface area contributed by atoms with Gasteiger partial charge in [-0.25, -0.2) is 4.79 Å². The quantitative estimate of drug-likeness (QED) is 0.0921. The van der Waals surface area contributed by atoms with Crippen molar-refractivity contribution in [3.05, 3.63) is 144 Å². The minimum atomic E-state index is -4.95. The number of urea groups is 1. The van der Waals surface area contributed by atoms with Crippen LogP contribution < -0.4 is 31.7 Å². The Bertz CT molecular complexity index is 1960. The highest BCUT2D eigenvalue weighted by atomic mass is 32.2. The van der Waals surface area contributed by atoms with Gasteiger partial charge in [0, 0.05) is 33.2 Å². The summed E-state index contributed by atoms with van der Waals surface area (Å²) in [6.45, 7) is 0.431. The molecule has 10 nitrogen and oxygen atoms in total. The van der Waals surface area contributed by atoms with Gasteiger partial charge in [0.25, 0.3) is 11.8 Å². The van der Waals surface area contributed by atoms with Crippen LogP contribution in [0.5, 0.6) is 5.75 Å². The lowest BCUT2D eigenvalue weighted by molar-refractivity contribution is -0.167. The Morgan fingerprint density at radius 3 is 1.75 bits per heavy atom. The number of nitrogens with one attached hydrogen (secondary N) is 4. The SMILES string of the molecule is CSc1ccccc1C(=O)Nc1ccc(NC(=O)C(F)(F)F)cc1.NC(=O)Nc1ccc(NC(=O)c2cccc(OCc3ccccc3)c2)cc1. The Morgan fingerprint density at radius 1 is 0.647 bits per heavy atom. The molecule has 0 aliphatic carbocycles. The van der Waals surface area contributed by atoms with Crippen molar-refractivity contribution in [1.29, 1.82) is 0 Å². The van der Waals surface area contributed by atoms with Crippen molar-refractivity contribution >= 4 is 58.3 Å². The number of benzene rings is 5. The van der Waals surface area contributed by atoms with Gasteiger partial charge in [-0.2, -0.15) is 13.2 Å². The van der Waals surface area contributed by atoms with Crippen LogP contribution in [-0.4, -0.2) is 36.2 Å². The number of alkyl halides is 3. The number of rotatable bonds is 10.